The van der Waals surface area contributed by atoms with Crippen molar-refractivity contribution in [3.63, 3.8) is 0 Å². The van der Waals surface area contributed by atoms with E-state index in [-0.39, 0.29) is 5.91 Å². The Labute approximate surface area is 207 Å². The van der Waals surface area contributed by atoms with Crippen LogP contribution in [-0.2, 0) is 0 Å². The Morgan fingerprint density at radius 2 is 1.56 bits per heavy atom. The van der Waals surface area contributed by atoms with Gasteiger partial charge in [0.2, 0.25) is 0 Å². The highest BCUT2D eigenvalue weighted by atomic mass is 16.1. The van der Waals surface area contributed by atoms with Crippen LogP contribution in [0.1, 0.15) is 10.4 Å². The van der Waals surface area contributed by atoms with Crippen LogP contribution >= 0.6 is 0 Å². The second kappa shape index (κ2) is 9.83. The Morgan fingerprint density at radius 1 is 0.778 bits per heavy atom. The van der Waals surface area contributed by atoms with E-state index in [2.05, 4.69) is 30.8 Å². The molecule has 1 amide bonds. The number of nitrogens with two attached hydrogens (primary N) is 1. The SMILES string of the molecule is [C-]#[N+]c1ccc2nccc(Nc3ccc(C(=O)Nc4cccc(Nc5ccnc(N)c5)c4)cc3)c2c1. The minimum absolute atomic E-state index is 0.220. The lowest BCUT2D eigenvalue weighted by Gasteiger charge is -2.12. The molecular formula is C28H21N7O. The van der Waals surface area contributed by atoms with Crippen LogP contribution in [0.5, 0.6) is 0 Å². The van der Waals surface area contributed by atoms with E-state index in [1.165, 1.54) is 0 Å². The Balaban J connectivity index is 1.28. The number of anilines is 6. The van der Waals surface area contributed by atoms with E-state index in [0.29, 0.717) is 22.8 Å². The summed E-state index contributed by atoms with van der Waals surface area (Å²) in [6.45, 7) is 7.26. The average Bonchev–Trinajstić information content (AvgIpc) is 2.89. The molecule has 0 atom stereocenters. The maximum atomic E-state index is 12.8. The van der Waals surface area contributed by atoms with Gasteiger partial charge in [0, 0.05) is 57.8 Å². The highest BCUT2D eigenvalue weighted by molar-refractivity contribution is 6.05. The van der Waals surface area contributed by atoms with Crippen molar-refractivity contribution in [2.45, 2.75) is 0 Å². The normalized spacial score (nSPS) is 10.4. The fourth-order valence-electron chi connectivity index (χ4n) is 3.74. The first kappa shape index (κ1) is 22.4. The third-order valence-electron chi connectivity index (χ3n) is 5.47. The first-order chi connectivity index (χ1) is 17.6. The number of amides is 1. The molecule has 5 rings (SSSR count). The van der Waals surface area contributed by atoms with E-state index in [1.54, 1.807) is 36.7 Å². The van der Waals surface area contributed by atoms with Gasteiger partial charge in [0.25, 0.3) is 5.91 Å². The van der Waals surface area contributed by atoms with Crippen LogP contribution in [0.4, 0.5) is 39.9 Å². The van der Waals surface area contributed by atoms with Crippen LogP contribution in [0.3, 0.4) is 0 Å². The molecule has 0 radical (unpaired) electrons. The molecule has 5 aromatic rings. The van der Waals surface area contributed by atoms with E-state index < -0.39 is 0 Å². The van der Waals surface area contributed by atoms with Crippen molar-refractivity contribution in [1.82, 2.24) is 9.97 Å². The molecule has 3 aromatic carbocycles. The van der Waals surface area contributed by atoms with Crippen LogP contribution in [-0.4, -0.2) is 15.9 Å². The van der Waals surface area contributed by atoms with Crippen LogP contribution in [0.25, 0.3) is 15.7 Å². The molecule has 0 aliphatic carbocycles. The third kappa shape index (κ3) is 5.05. The number of nitrogens with one attached hydrogen (secondary N) is 3. The Kier molecular flexibility index (Phi) is 6.11. The second-order valence-electron chi connectivity index (χ2n) is 8.00. The van der Waals surface area contributed by atoms with E-state index in [0.717, 1.165) is 33.7 Å². The third-order valence-corrected chi connectivity index (χ3v) is 5.47. The number of nitrogens with zero attached hydrogens (tertiary/aromatic N) is 3. The summed E-state index contributed by atoms with van der Waals surface area (Å²) < 4.78 is 0. The molecule has 2 heterocycles. The molecule has 0 saturated carbocycles. The highest BCUT2D eigenvalue weighted by Gasteiger charge is 2.08. The predicted molar refractivity (Wildman–Crippen MR) is 144 cm³/mol. The monoisotopic (exact) mass is 471 g/mol. The van der Waals surface area contributed by atoms with Gasteiger partial charge in [0.15, 0.2) is 5.69 Å². The molecule has 8 nitrogen and oxygen atoms in total. The van der Waals surface area contributed by atoms with Gasteiger partial charge in [-0.2, -0.15) is 0 Å². The maximum Gasteiger partial charge on any atom is 0.255 e. The summed E-state index contributed by atoms with van der Waals surface area (Å²) in [5, 5.41) is 10.4. The number of hydrogen-bond donors (Lipinski definition) is 4. The molecule has 0 aliphatic rings. The Morgan fingerprint density at radius 3 is 2.36 bits per heavy atom. The number of nitrogen functional groups attached to an aromatic ring is 1. The van der Waals surface area contributed by atoms with Crippen LogP contribution in [0, 0.1) is 6.57 Å². The molecule has 0 aliphatic heterocycles. The second-order valence-corrected chi connectivity index (χ2v) is 8.00. The van der Waals surface area contributed by atoms with Crippen molar-refractivity contribution in [2.24, 2.45) is 0 Å². The zero-order valence-corrected chi connectivity index (χ0v) is 19.1. The number of rotatable bonds is 6. The summed E-state index contributed by atoms with van der Waals surface area (Å²) in [5.41, 5.74) is 11.5. The minimum Gasteiger partial charge on any atom is -0.384 e. The standard InChI is InChI=1S/C28H21N7O/c1-30-20-9-10-25-24(16-20)26(12-14-31-25)34-19-7-5-18(6-8-19)28(36)35-22-4-2-3-21(15-22)33-23-11-13-32-27(29)17-23/h2-17H,(H,31,34)(H,35,36)(H3,29,32,33). The van der Waals surface area contributed by atoms with E-state index in [1.807, 2.05) is 60.7 Å². The zero-order valence-electron chi connectivity index (χ0n) is 19.1. The molecule has 0 bridgehead atoms. The number of fused-ring (bicyclic) bond motifs is 1. The van der Waals surface area contributed by atoms with Crippen LogP contribution in [0.15, 0.2) is 97.3 Å². The fourth-order valence-corrected chi connectivity index (χ4v) is 3.74. The highest BCUT2D eigenvalue weighted by Crippen LogP contribution is 2.29. The largest absolute Gasteiger partial charge is 0.384 e. The van der Waals surface area contributed by atoms with Gasteiger partial charge in [-0.1, -0.05) is 12.1 Å². The van der Waals surface area contributed by atoms with Gasteiger partial charge in [0.1, 0.15) is 5.82 Å². The van der Waals surface area contributed by atoms with Crippen molar-refractivity contribution in [3.8, 4) is 0 Å². The first-order valence-corrected chi connectivity index (χ1v) is 11.1. The fraction of sp³-hybridized carbons (Fsp3) is 0. The number of carbonyl (C=O) groups is 1. The van der Waals surface area contributed by atoms with Crippen molar-refractivity contribution in [2.75, 3.05) is 21.7 Å². The number of hydrogen-bond acceptors (Lipinski definition) is 6. The lowest BCUT2D eigenvalue weighted by atomic mass is 10.1. The van der Waals surface area contributed by atoms with Crippen molar-refractivity contribution >= 4 is 56.8 Å². The zero-order chi connectivity index (χ0) is 24.9. The summed E-state index contributed by atoms with van der Waals surface area (Å²) in [4.78, 5) is 24.7. The summed E-state index contributed by atoms with van der Waals surface area (Å²) in [6, 6.07) is 25.4. The molecule has 2 aromatic heterocycles. The number of carbonyl (C=O) groups excluding carboxylic acids is 1. The van der Waals surface area contributed by atoms with Gasteiger partial charge in [-0.25, -0.2) is 9.83 Å². The molecule has 0 fully saturated rings. The quantitative estimate of drug-likeness (QED) is 0.210. The van der Waals surface area contributed by atoms with Gasteiger partial charge in [-0.15, -0.1) is 0 Å². The van der Waals surface area contributed by atoms with E-state index in [9.17, 15) is 4.79 Å². The van der Waals surface area contributed by atoms with Gasteiger partial charge >= 0.3 is 0 Å². The molecule has 5 N–H and O–H groups in total. The van der Waals surface area contributed by atoms with Crippen molar-refractivity contribution in [3.05, 3.63) is 114 Å². The smallest absolute Gasteiger partial charge is 0.255 e. The minimum atomic E-state index is -0.220. The number of benzene rings is 3. The molecule has 0 unspecified atom stereocenters. The number of pyridine rings is 2. The molecule has 0 spiro atoms. The van der Waals surface area contributed by atoms with Crippen molar-refractivity contribution in [1.29, 1.82) is 0 Å². The summed E-state index contributed by atoms with van der Waals surface area (Å²) >= 11 is 0. The Bertz CT molecular complexity index is 1610. The molecule has 8 heteroatoms. The lowest BCUT2D eigenvalue weighted by molar-refractivity contribution is 0.102. The summed E-state index contributed by atoms with van der Waals surface area (Å²) in [7, 11) is 0. The van der Waals surface area contributed by atoms with Crippen molar-refractivity contribution < 1.29 is 4.79 Å². The van der Waals surface area contributed by atoms with Gasteiger partial charge in [0.05, 0.1) is 12.1 Å². The van der Waals surface area contributed by atoms with Gasteiger partial charge in [-0.05, 0) is 66.7 Å². The topological polar surface area (TPSA) is 109 Å². The Hall–Kier alpha value is -5.42. The predicted octanol–water partition coefficient (Wildman–Crippen LogP) is 6.50. The molecule has 174 valence electrons. The van der Waals surface area contributed by atoms with Crippen LogP contribution < -0.4 is 21.7 Å². The van der Waals surface area contributed by atoms with Gasteiger partial charge < -0.3 is 21.7 Å². The van der Waals surface area contributed by atoms with E-state index >= 15 is 0 Å². The van der Waals surface area contributed by atoms with Gasteiger partial charge in [-0.3, -0.25) is 9.78 Å². The summed E-state index contributed by atoms with van der Waals surface area (Å²) in [5.74, 6) is 0.204. The average molecular weight is 472 g/mol. The first-order valence-electron chi connectivity index (χ1n) is 11.1. The van der Waals surface area contributed by atoms with E-state index in [4.69, 9.17) is 12.3 Å². The maximum absolute atomic E-state index is 12.8. The summed E-state index contributed by atoms with van der Waals surface area (Å²) in [6.07, 6.45) is 3.35. The molecule has 36 heavy (non-hydrogen) atoms. The number of aromatic nitrogens is 2. The molecule has 0 saturated heterocycles. The molecular weight excluding hydrogens is 450 g/mol. The lowest BCUT2D eigenvalue weighted by Crippen LogP contribution is -2.11. The van der Waals surface area contributed by atoms with Crippen LogP contribution in [0.2, 0.25) is 0 Å².